The molecule has 1 aliphatic rings. The van der Waals surface area contributed by atoms with E-state index in [-0.39, 0.29) is 25.3 Å². The van der Waals surface area contributed by atoms with E-state index in [9.17, 15) is 8.78 Å². The number of alkyl halides is 2. The van der Waals surface area contributed by atoms with Crippen LogP contribution in [0, 0.1) is 0 Å². The number of hydrogen-bond acceptors (Lipinski definition) is 3. The fourth-order valence-electron chi connectivity index (χ4n) is 1.44. The molecule has 0 saturated carbocycles. The second-order valence-corrected chi connectivity index (χ2v) is 3.26. The van der Waals surface area contributed by atoms with Gasteiger partial charge in [-0.1, -0.05) is 5.16 Å². The fraction of sp³-hybridized carbons (Fsp3) is 0.857. The first kappa shape index (κ1) is 10.2. The van der Waals surface area contributed by atoms with Crippen LogP contribution in [0.3, 0.4) is 0 Å². The van der Waals surface area contributed by atoms with Crippen LogP contribution >= 0.6 is 0 Å². The van der Waals surface area contributed by atoms with Gasteiger partial charge in [-0.15, -0.1) is 0 Å². The maximum absolute atomic E-state index is 12.8. The predicted octanol–water partition coefficient (Wildman–Crippen LogP) is 0.464. The molecule has 3 N–H and O–H groups in total. The zero-order valence-electron chi connectivity index (χ0n) is 7.21. The zero-order chi connectivity index (χ0) is 9.90. The normalized spacial score (nSPS) is 24.6. The number of oxime groups is 1. The van der Waals surface area contributed by atoms with E-state index in [1.165, 1.54) is 4.90 Å². The Morgan fingerprint density at radius 1 is 1.62 bits per heavy atom. The standard InChI is InChI=1S/C7H13F2N3O/c8-7(9)2-1-3-12(5-7)4-6(10)11-13/h13H,1-5H2,(H2,10,11). The first-order valence-electron chi connectivity index (χ1n) is 4.10. The third-order valence-electron chi connectivity index (χ3n) is 1.99. The second kappa shape index (κ2) is 3.87. The molecule has 0 spiro atoms. The van der Waals surface area contributed by atoms with Crippen LogP contribution in [0.5, 0.6) is 0 Å². The minimum Gasteiger partial charge on any atom is -0.409 e. The van der Waals surface area contributed by atoms with Crippen molar-refractivity contribution in [3.8, 4) is 0 Å². The van der Waals surface area contributed by atoms with E-state index in [1.54, 1.807) is 0 Å². The quantitative estimate of drug-likeness (QED) is 0.290. The third kappa shape index (κ3) is 3.14. The van der Waals surface area contributed by atoms with Crippen molar-refractivity contribution in [2.45, 2.75) is 18.8 Å². The Kier molecular flexibility index (Phi) is 3.02. The summed E-state index contributed by atoms with van der Waals surface area (Å²) in [5, 5.41) is 11.0. The van der Waals surface area contributed by atoms with Crippen molar-refractivity contribution in [2.24, 2.45) is 10.9 Å². The number of rotatable bonds is 2. The predicted molar refractivity (Wildman–Crippen MR) is 44.0 cm³/mol. The number of nitrogens with zero attached hydrogens (tertiary/aromatic N) is 2. The molecule has 0 aromatic heterocycles. The van der Waals surface area contributed by atoms with Gasteiger partial charge in [0.2, 0.25) is 0 Å². The molecule has 0 radical (unpaired) electrons. The molecule has 1 fully saturated rings. The summed E-state index contributed by atoms with van der Waals surface area (Å²) in [5.74, 6) is -2.66. The summed E-state index contributed by atoms with van der Waals surface area (Å²) in [4.78, 5) is 1.48. The molecule has 1 saturated heterocycles. The number of piperidine rings is 1. The minimum atomic E-state index is -2.63. The molecule has 0 atom stereocenters. The average molecular weight is 193 g/mol. The van der Waals surface area contributed by atoms with Gasteiger partial charge in [0.25, 0.3) is 5.92 Å². The molecular weight excluding hydrogens is 180 g/mol. The molecule has 0 aromatic carbocycles. The molecular formula is C7H13F2N3O. The lowest BCUT2D eigenvalue weighted by Gasteiger charge is -2.31. The number of nitrogens with two attached hydrogens (primary N) is 1. The Labute approximate surface area is 75.0 Å². The Morgan fingerprint density at radius 2 is 2.31 bits per heavy atom. The maximum atomic E-state index is 12.8. The topological polar surface area (TPSA) is 61.8 Å². The summed E-state index contributed by atoms with van der Waals surface area (Å²) in [6, 6.07) is 0. The van der Waals surface area contributed by atoms with Gasteiger partial charge in [-0.05, 0) is 13.0 Å². The number of hydrogen-bond donors (Lipinski definition) is 2. The monoisotopic (exact) mass is 193 g/mol. The van der Waals surface area contributed by atoms with Crippen LogP contribution in [-0.2, 0) is 0 Å². The van der Waals surface area contributed by atoms with E-state index in [2.05, 4.69) is 5.16 Å². The molecule has 0 aromatic rings. The lowest BCUT2D eigenvalue weighted by atomic mass is 10.1. The second-order valence-electron chi connectivity index (χ2n) is 3.26. The van der Waals surface area contributed by atoms with E-state index in [4.69, 9.17) is 10.9 Å². The highest BCUT2D eigenvalue weighted by Crippen LogP contribution is 2.25. The molecule has 0 bridgehead atoms. The minimum absolute atomic E-state index is 0.0299. The van der Waals surface area contributed by atoms with Crippen LogP contribution in [0.4, 0.5) is 8.78 Å². The van der Waals surface area contributed by atoms with E-state index in [0.717, 1.165) is 0 Å². The highest BCUT2D eigenvalue weighted by Gasteiger charge is 2.35. The van der Waals surface area contributed by atoms with Crippen LogP contribution < -0.4 is 5.73 Å². The van der Waals surface area contributed by atoms with Gasteiger partial charge in [-0.25, -0.2) is 8.78 Å². The Balaban J connectivity index is 2.43. The summed E-state index contributed by atoms with van der Waals surface area (Å²) in [6.07, 6.45) is 0.380. The van der Waals surface area contributed by atoms with E-state index >= 15 is 0 Å². The molecule has 1 aliphatic heterocycles. The molecule has 1 heterocycles. The van der Waals surface area contributed by atoms with Crippen molar-refractivity contribution in [2.75, 3.05) is 19.6 Å². The maximum Gasteiger partial charge on any atom is 0.260 e. The van der Waals surface area contributed by atoms with Crippen LogP contribution in [-0.4, -0.2) is 41.5 Å². The van der Waals surface area contributed by atoms with Crippen molar-refractivity contribution < 1.29 is 14.0 Å². The molecule has 1 rings (SSSR count). The van der Waals surface area contributed by atoms with E-state index in [1.807, 2.05) is 0 Å². The van der Waals surface area contributed by atoms with Gasteiger partial charge >= 0.3 is 0 Å². The summed E-state index contributed by atoms with van der Waals surface area (Å²) in [5.41, 5.74) is 5.21. The van der Waals surface area contributed by atoms with Crippen molar-refractivity contribution in [1.82, 2.24) is 4.90 Å². The van der Waals surface area contributed by atoms with Gasteiger partial charge in [-0.2, -0.15) is 0 Å². The molecule has 76 valence electrons. The number of amidine groups is 1. The first-order chi connectivity index (χ1) is 6.03. The molecule has 13 heavy (non-hydrogen) atoms. The zero-order valence-corrected chi connectivity index (χ0v) is 7.21. The van der Waals surface area contributed by atoms with Crippen molar-refractivity contribution >= 4 is 5.84 Å². The van der Waals surface area contributed by atoms with E-state index < -0.39 is 5.92 Å². The Bertz CT molecular complexity index is 208. The van der Waals surface area contributed by atoms with Gasteiger partial charge in [0.1, 0.15) is 0 Å². The van der Waals surface area contributed by atoms with Gasteiger partial charge < -0.3 is 10.9 Å². The highest BCUT2D eigenvalue weighted by atomic mass is 19.3. The largest absolute Gasteiger partial charge is 0.409 e. The Morgan fingerprint density at radius 3 is 2.85 bits per heavy atom. The lowest BCUT2D eigenvalue weighted by molar-refractivity contribution is -0.0600. The van der Waals surface area contributed by atoms with Crippen molar-refractivity contribution in [1.29, 1.82) is 0 Å². The molecule has 0 aliphatic carbocycles. The van der Waals surface area contributed by atoms with Crippen LogP contribution in [0.1, 0.15) is 12.8 Å². The smallest absolute Gasteiger partial charge is 0.260 e. The summed E-state index contributed by atoms with van der Waals surface area (Å²) >= 11 is 0. The number of halogens is 2. The average Bonchev–Trinajstić information content (AvgIpc) is 2.02. The fourth-order valence-corrected chi connectivity index (χ4v) is 1.44. The highest BCUT2D eigenvalue weighted by molar-refractivity contribution is 5.81. The number of likely N-dealkylation sites (tertiary alicyclic amines) is 1. The molecule has 0 unspecified atom stereocenters. The van der Waals surface area contributed by atoms with E-state index in [0.29, 0.717) is 13.0 Å². The van der Waals surface area contributed by atoms with Gasteiger partial charge in [0.05, 0.1) is 13.1 Å². The summed E-state index contributed by atoms with van der Waals surface area (Å²) < 4.78 is 25.6. The third-order valence-corrected chi connectivity index (χ3v) is 1.99. The van der Waals surface area contributed by atoms with Gasteiger partial charge in [0.15, 0.2) is 5.84 Å². The first-order valence-corrected chi connectivity index (χ1v) is 4.10. The summed E-state index contributed by atoms with van der Waals surface area (Å²) in [6.45, 7) is 0.376. The lowest BCUT2D eigenvalue weighted by Crippen LogP contribution is -2.46. The molecule has 4 nitrogen and oxygen atoms in total. The Hall–Kier alpha value is -0.910. The van der Waals surface area contributed by atoms with Crippen molar-refractivity contribution in [3.63, 3.8) is 0 Å². The molecule has 0 amide bonds. The van der Waals surface area contributed by atoms with Crippen LogP contribution in [0.25, 0.3) is 0 Å². The van der Waals surface area contributed by atoms with Crippen LogP contribution in [0.15, 0.2) is 5.16 Å². The van der Waals surface area contributed by atoms with Gasteiger partial charge in [-0.3, -0.25) is 4.90 Å². The van der Waals surface area contributed by atoms with Crippen molar-refractivity contribution in [3.05, 3.63) is 0 Å². The van der Waals surface area contributed by atoms with Crippen LogP contribution in [0.2, 0.25) is 0 Å². The SMILES string of the molecule is N/C(CN1CCCC(F)(F)C1)=N\O. The summed E-state index contributed by atoms with van der Waals surface area (Å²) in [7, 11) is 0. The van der Waals surface area contributed by atoms with Gasteiger partial charge in [0, 0.05) is 6.42 Å². The molecule has 6 heteroatoms.